The first-order chi connectivity index (χ1) is 13.0. The van der Waals surface area contributed by atoms with E-state index < -0.39 is 0 Å². The van der Waals surface area contributed by atoms with Crippen molar-refractivity contribution in [2.75, 3.05) is 5.32 Å². The van der Waals surface area contributed by atoms with Gasteiger partial charge in [0.25, 0.3) is 5.56 Å². The second kappa shape index (κ2) is 6.93. The first-order valence-corrected chi connectivity index (χ1v) is 9.07. The lowest BCUT2D eigenvalue weighted by Gasteiger charge is -2.10. The van der Waals surface area contributed by atoms with E-state index in [1.54, 1.807) is 6.20 Å². The van der Waals surface area contributed by atoms with Gasteiger partial charge in [-0.05, 0) is 49.2 Å². The van der Waals surface area contributed by atoms with Crippen LogP contribution in [-0.4, -0.2) is 14.8 Å². The molecule has 0 bridgehead atoms. The van der Waals surface area contributed by atoms with Gasteiger partial charge in [-0.1, -0.05) is 35.9 Å². The molecule has 0 fully saturated rings. The number of aromatic nitrogens is 3. The van der Waals surface area contributed by atoms with Crippen molar-refractivity contribution in [3.8, 4) is 5.69 Å². The van der Waals surface area contributed by atoms with E-state index in [4.69, 9.17) is 11.6 Å². The zero-order valence-electron chi connectivity index (χ0n) is 15.1. The van der Waals surface area contributed by atoms with Crippen LogP contribution in [0.4, 0.5) is 5.69 Å². The quantitative estimate of drug-likeness (QED) is 0.545. The van der Waals surface area contributed by atoms with E-state index in [1.165, 1.54) is 21.3 Å². The average Bonchev–Trinajstić information content (AvgIpc) is 2.97. The third kappa shape index (κ3) is 3.22. The molecule has 0 aliphatic rings. The third-order valence-corrected chi connectivity index (χ3v) is 5.14. The van der Waals surface area contributed by atoms with Crippen LogP contribution in [-0.2, 0) is 6.54 Å². The number of nitrogens with one attached hydrogen (secondary N) is 2. The SMILES string of the molecule is Cc1[nH]c2ccc(CNc3cnn(-c4ccccc4)c(=O)c3Cl)cc2c1C. The number of anilines is 1. The van der Waals surface area contributed by atoms with Crippen LogP contribution in [0.3, 0.4) is 0 Å². The zero-order valence-corrected chi connectivity index (χ0v) is 15.8. The largest absolute Gasteiger partial charge is 0.378 e. The highest BCUT2D eigenvalue weighted by Crippen LogP contribution is 2.23. The molecular formula is C21H19ClN4O. The molecule has 5 nitrogen and oxygen atoms in total. The summed E-state index contributed by atoms with van der Waals surface area (Å²) in [5, 5.41) is 8.80. The Hall–Kier alpha value is -3.05. The third-order valence-electron chi connectivity index (χ3n) is 4.78. The molecule has 4 rings (SSSR count). The molecule has 2 heterocycles. The maximum atomic E-state index is 12.5. The lowest BCUT2D eigenvalue weighted by Crippen LogP contribution is -2.22. The van der Waals surface area contributed by atoms with Crippen LogP contribution in [0.2, 0.25) is 5.02 Å². The van der Waals surface area contributed by atoms with E-state index in [-0.39, 0.29) is 10.6 Å². The van der Waals surface area contributed by atoms with Gasteiger partial charge in [-0.15, -0.1) is 0 Å². The Balaban J connectivity index is 1.59. The van der Waals surface area contributed by atoms with E-state index in [9.17, 15) is 4.79 Å². The van der Waals surface area contributed by atoms with E-state index >= 15 is 0 Å². The lowest BCUT2D eigenvalue weighted by molar-refractivity contribution is 0.807. The van der Waals surface area contributed by atoms with Crippen LogP contribution >= 0.6 is 11.6 Å². The summed E-state index contributed by atoms with van der Waals surface area (Å²) in [5.74, 6) is 0. The molecule has 0 spiro atoms. The molecule has 0 radical (unpaired) electrons. The molecule has 0 unspecified atom stereocenters. The van der Waals surface area contributed by atoms with Crippen LogP contribution in [0.25, 0.3) is 16.6 Å². The molecule has 27 heavy (non-hydrogen) atoms. The molecular weight excluding hydrogens is 360 g/mol. The minimum atomic E-state index is -0.347. The normalized spacial score (nSPS) is 11.1. The number of hydrogen-bond acceptors (Lipinski definition) is 3. The minimum Gasteiger partial charge on any atom is -0.378 e. The Morgan fingerprint density at radius 3 is 2.70 bits per heavy atom. The number of hydrogen-bond donors (Lipinski definition) is 2. The number of rotatable bonds is 4. The van der Waals surface area contributed by atoms with Crippen molar-refractivity contribution >= 4 is 28.2 Å². The smallest absolute Gasteiger partial charge is 0.292 e. The Kier molecular flexibility index (Phi) is 4.46. The van der Waals surface area contributed by atoms with Crippen LogP contribution in [0.5, 0.6) is 0 Å². The molecule has 0 saturated heterocycles. The number of para-hydroxylation sites is 1. The fourth-order valence-corrected chi connectivity index (χ4v) is 3.32. The summed E-state index contributed by atoms with van der Waals surface area (Å²) in [6.07, 6.45) is 1.58. The molecule has 0 atom stereocenters. The van der Waals surface area contributed by atoms with Crippen LogP contribution in [0.1, 0.15) is 16.8 Å². The summed E-state index contributed by atoms with van der Waals surface area (Å²) in [7, 11) is 0. The number of fused-ring (bicyclic) bond motifs is 1. The Labute approximate surface area is 161 Å². The second-order valence-electron chi connectivity index (χ2n) is 6.53. The highest BCUT2D eigenvalue weighted by atomic mass is 35.5. The summed E-state index contributed by atoms with van der Waals surface area (Å²) in [4.78, 5) is 15.9. The maximum Gasteiger partial charge on any atom is 0.292 e. The number of aromatic amines is 1. The average molecular weight is 379 g/mol. The molecule has 0 amide bonds. The van der Waals surface area contributed by atoms with E-state index in [0.29, 0.717) is 17.9 Å². The van der Waals surface area contributed by atoms with Gasteiger partial charge in [0.2, 0.25) is 0 Å². The highest BCUT2D eigenvalue weighted by Gasteiger charge is 2.11. The molecule has 6 heteroatoms. The second-order valence-corrected chi connectivity index (χ2v) is 6.91. The molecule has 0 aliphatic carbocycles. The predicted octanol–water partition coefficient (Wildman–Crippen LogP) is 4.60. The number of aryl methyl sites for hydroxylation is 2. The first kappa shape index (κ1) is 17.4. The number of H-pyrrole nitrogens is 1. The van der Waals surface area contributed by atoms with Crippen molar-refractivity contribution in [3.63, 3.8) is 0 Å². The lowest BCUT2D eigenvalue weighted by atomic mass is 10.1. The van der Waals surface area contributed by atoms with Crippen molar-refractivity contribution in [1.82, 2.24) is 14.8 Å². The van der Waals surface area contributed by atoms with Gasteiger partial charge >= 0.3 is 0 Å². The van der Waals surface area contributed by atoms with Crippen molar-refractivity contribution < 1.29 is 0 Å². The molecule has 4 aromatic rings. The molecule has 2 aromatic heterocycles. The Bertz CT molecular complexity index is 1180. The van der Waals surface area contributed by atoms with Gasteiger partial charge in [0.1, 0.15) is 5.02 Å². The van der Waals surface area contributed by atoms with Gasteiger partial charge in [0.05, 0.1) is 17.6 Å². The number of halogens is 1. The molecule has 2 N–H and O–H groups in total. The van der Waals surface area contributed by atoms with Gasteiger partial charge in [-0.2, -0.15) is 9.78 Å². The van der Waals surface area contributed by atoms with E-state index in [1.807, 2.05) is 30.3 Å². The summed E-state index contributed by atoms with van der Waals surface area (Å²) in [6, 6.07) is 15.5. The number of benzene rings is 2. The van der Waals surface area contributed by atoms with Gasteiger partial charge in [-0.25, -0.2) is 0 Å². The van der Waals surface area contributed by atoms with Gasteiger partial charge in [-0.3, -0.25) is 4.79 Å². The Morgan fingerprint density at radius 2 is 1.93 bits per heavy atom. The summed E-state index contributed by atoms with van der Waals surface area (Å²) in [6.45, 7) is 4.73. The number of nitrogens with zero attached hydrogens (tertiary/aromatic N) is 2. The molecule has 0 aliphatic heterocycles. The van der Waals surface area contributed by atoms with Crippen LogP contribution in [0, 0.1) is 13.8 Å². The van der Waals surface area contributed by atoms with Gasteiger partial charge in [0.15, 0.2) is 0 Å². The molecule has 2 aromatic carbocycles. The summed E-state index contributed by atoms with van der Waals surface area (Å²) < 4.78 is 1.30. The first-order valence-electron chi connectivity index (χ1n) is 8.69. The fraction of sp³-hybridized carbons (Fsp3) is 0.143. The van der Waals surface area contributed by atoms with Gasteiger partial charge in [0, 0.05) is 23.1 Å². The van der Waals surface area contributed by atoms with Gasteiger partial charge < -0.3 is 10.3 Å². The van der Waals surface area contributed by atoms with Crippen LogP contribution in [0.15, 0.2) is 59.5 Å². The van der Waals surface area contributed by atoms with E-state index in [0.717, 1.165) is 11.1 Å². The fourth-order valence-electron chi connectivity index (χ4n) is 3.12. The predicted molar refractivity (Wildman–Crippen MR) is 110 cm³/mol. The minimum absolute atomic E-state index is 0.128. The van der Waals surface area contributed by atoms with Crippen molar-refractivity contribution in [2.24, 2.45) is 0 Å². The summed E-state index contributed by atoms with van der Waals surface area (Å²) >= 11 is 6.30. The van der Waals surface area contributed by atoms with Crippen LogP contribution < -0.4 is 10.9 Å². The van der Waals surface area contributed by atoms with Crippen molar-refractivity contribution in [2.45, 2.75) is 20.4 Å². The van der Waals surface area contributed by atoms with Crippen molar-refractivity contribution in [1.29, 1.82) is 0 Å². The standard InChI is InChI=1S/C21H19ClN4O/c1-13-14(2)25-18-9-8-15(10-17(13)18)11-23-19-12-24-26(21(27)20(19)22)16-6-4-3-5-7-16/h3-10,12,23,25H,11H2,1-2H3. The monoisotopic (exact) mass is 378 g/mol. The maximum absolute atomic E-state index is 12.5. The Morgan fingerprint density at radius 1 is 1.15 bits per heavy atom. The summed E-state index contributed by atoms with van der Waals surface area (Å²) in [5.41, 5.74) is 5.51. The van der Waals surface area contributed by atoms with E-state index in [2.05, 4.69) is 47.4 Å². The molecule has 136 valence electrons. The van der Waals surface area contributed by atoms with Crippen molar-refractivity contribution in [3.05, 3.63) is 86.9 Å². The molecule has 0 saturated carbocycles. The highest BCUT2D eigenvalue weighted by molar-refractivity contribution is 6.32. The zero-order chi connectivity index (χ0) is 19.0. The topological polar surface area (TPSA) is 62.7 Å².